The topological polar surface area (TPSA) is 95.5 Å². The van der Waals surface area contributed by atoms with Crippen molar-refractivity contribution in [1.29, 1.82) is 0 Å². The van der Waals surface area contributed by atoms with Gasteiger partial charge in [-0.25, -0.2) is 0 Å². The predicted octanol–water partition coefficient (Wildman–Crippen LogP) is 0.991. The molecule has 2 rings (SSSR count). The largest absolute Gasteiger partial charge is 0.480 e. The molecule has 3 N–H and O–H groups in total. The van der Waals surface area contributed by atoms with Crippen molar-refractivity contribution in [3.05, 3.63) is 48.6 Å². The van der Waals surface area contributed by atoms with Crippen LogP contribution in [0.15, 0.2) is 43.0 Å². The SMILES string of the molecule is C=C[C@@H]1C[C@H](C(=O)O)NC1[C@@H](NC(C)=O)C(=O)c1ccccc1. The molecular weight excluding hydrogens is 296 g/mol. The number of rotatable bonds is 6. The van der Waals surface area contributed by atoms with E-state index in [0.717, 1.165) is 0 Å². The van der Waals surface area contributed by atoms with Crippen LogP contribution in [0.1, 0.15) is 23.7 Å². The van der Waals surface area contributed by atoms with Crippen molar-refractivity contribution < 1.29 is 19.5 Å². The Morgan fingerprint density at radius 1 is 1.35 bits per heavy atom. The number of nitrogens with one attached hydrogen (secondary N) is 2. The third-order valence-electron chi connectivity index (χ3n) is 4.02. The van der Waals surface area contributed by atoms with Crippen molar-refractivity contribution in [1.82, 2.24) is 10.6 Å². The zero-order valence-corrected chi connectivity index (χ0v) is 12.9. The van der Waals surface area contributed by atoms with Gasteiger partial charge in [0.15, 0.2) is 5.78 Å². The first kappa shape index (κ1) is 16.9. The molecule has 1 aliphatic heterocycles. The molecule has 1 saturated heterocycles. The standard InChI is InChI=1S/C17H20N2O4/c1-3-11-9-13(17(22)23)19-14(11)15(18-10(2)20)16(21)12-7-5-4-6-8-12/h3-8,11,13-15,19H,1,9H2,2H3,(H,18,20)(H,22,23)/t11-,13-,14?,15-/m1/s1. The van der Waals surface area contributed by atoms with E-state index in [9.17, 15) is 19.5 Å². The van der Waals surface area contributed by atoms with E-state index in [1.54, 1.807) is 36.4 Å². The molecule has 0 radical (unpaired) electrons. The maximum Gasteiger partial charge on any atom is 0.320 e. The summed E-state index contributed by atoms with van der Waals surface area (Å²) in [5.74, 6) is -1.80. The lowest BCUT2D eigenvalue weighted by Gasteiger charge is -2.27. The van der Waals surface area contributed by atoms with Gasteiger partial charge >= 0.3 is 5.97 Å². The van der Waals surface area contributed by atoms with Crippen LogP contribution in [0.3, 0.4) is 0 Å². The summed E-state index contributed by atoms with van der Waals surface area (Å²) in [6.07, 6.45) is 1.97. The number of benzene rings is 1. The van der Waals surface area contributed by atoms with Gasteiger partial charge in [0.05, 0.1) is 0 Å². The van der Waals surface area contributed by atoms with Crippen LogP contribution in [0.25, 0.3) is 0 Å². The highest BCUT2D eigenvalue weighted by Gasteiger charge is 2.43. The zero-order chi connectivity index (χ0) is 17.0. The summed E-state index contributed by atoms with van der Waals surface area (Å²) in [5.41, 5.74) is 0.467. The number of carboxylic acids is 1. The summed E-state index contributed by atoms with van der Waals surface area (Å²) in [4.78, 5) is 35.5. The number of amides is 1. The van der Waals surface area contributed by atoms with Gasteiger partial charge in [-0.2, -0.15) is 0 Å². The normalized spacial score (nSPS) is 24.7. The fourth-order valence-corrected chi connectivity index (χ4v) is 2.92. The Labute approximate surface area is 134 Å². The van der Waals surface area contributed by atoms with E-state index in [-0.39, 0.29) is 17.6 Å². The number of hydrogen-bond donors (Lipinski definition) is 3. The molecule has 1 aliphatic rings. The smallest absolute Gasteiger partial charge is 0.320 e. The molecule has 6 nitrogen and oxygen atoms in total. The minimum atomic E-state index is -0.979. The van der Waals surface area contributed by atoms with Gasteiger partial charge < -0.3 is 10.4 Å². The summed E-state index contributed by atoms with van der Waals surface area (Å²) >= 11 is 0. The maximum absolute atomic E-state index is 12.8. The second kappa shape index (κ2) is 7.19. The van der Waals surface area contributed by atoms with Crippen LogP contribution in [-0.2, 0) is 9.59 Å². The Kier molecular flexibility index (Phi) is 5.28. The first-order valence-corrected chi connectivity index (χ1v) is 7.41. The number of Topliss-reactive ketones (excluding diaryl/α,β-unsaturated/α-hetero) is 1. The summed E-state index contributed by atoms with van der Waals surface area (Å²) in [5, 5.41) is 14.8. The van der Waals surface area contributed by atoms with Crippen molar-refractivity contribution in [2.75, 3.05) is 0 Å². The van der Waals surface area contributed by atoms with Gasteiger partial charge in [-0.3, -0.25) is 19.7 Å². The molecule has 1 heterocycles. The zero-order valence-electron chi connectivity index (χ0n) is 12.9. The Morgan fingerprint density at radius 2 is 2.00 bits per heavy atom. The lowest BCUT2D eigenvalue weighted by molar-refractivity contribution is -0.139. The molecule has 1 amide bonds. The molecule has 4 atom stereocenters. The highest BCUT2D eigenvalue weighted by Crippen LogP contribution is 2.25. The van der Waals surface area contributed by atoms with Gasteiger partial charge in [0.1, 0.15) is 12.1 Å². The molecule has 0 bridgehead atoms. The van der Waals surface area contributed by atoms with Crippen LogP contribution in [0.5, 0.6) is 0 Å². The average Bonchev–Trinajstić information content (AvgIpc) is 2.97. The number of aliphatic carboxylic acids is 1. The van der Waals surface area contributed by atoms with Crippen molar-refractivity contribution in [3.8, 4) is 0 Å². The fourth-order valence-electron chi connectivity index (χ4n) is 2.92. The first-order valence-electron chi connectivity index (χ1n) is 7.41. The summed E-state index contributed by atoms with van der Waals surface area (Å²) in [7, 11) is 0. The molecule has 0 spiro atoms. The van der Waals surface area contributed by atoms with Gasteiger partial charge in [0.25, 0.3) is 0 Å². The molecule has 0 aromatic heterocycles. The Balaban J connectivity index is 2.30. The number of carbonyl (C=O) groups excluding carboxylic acids is 2. The van der Waals surface area contributed by atoms with E-state index in [2.05, 4.69) is 17.2 Å². The highest BCUT2D eigenvalue weighted by molar-refractivity contribution is 6.02. The Bertz CT molecular complexity index is 614. The van der Waals surface area contributed by atoms with Crippen LogP contribution >= 0.6 is 0 Å². The number of carbonyl (C=O) groups is 3. The number of carboxylic acid groups (broad SMARTS) is 1. The molecule has 0 saturated carbocycles. The summed E-state index contributed by atoms with van der Waals surface area (Å²) in [6, 6.07) is 6.50. The van der Waals surface area contributed by atoms with Crippen LogP contribution in [0, 0.1) is 5.92 Å². The molecule has 0 aliphatic carbocycles. The van der Waals surface area contributed by atoms with Crippen LogP contribution in [0.2, 0.25) is 0 Å². The third kappa shape index (κ3) is 3.84. The first-order chi connectivity index (χ1) is 10.9. The van der Waals surface area contributed by atoms with E-state index < -0.39 is 24.1 Å². The second-order valence-corrected chi connectivity index (χ2v) is 5.63. The van der Waals surface area contributed by atoms with Gasteiger partial charge in [0.2, 0.25) is 5.91 Å². The molecule has 1 aromatic carbocycles. The highest BCUT2D eigenvalue weighted by atomic mass is 16.4. The van der Waals surface area contributed by atoms with Crippen LogP contribution in [0.4, 0.5) is 0 Å². The summed E-state index contributed by atoms with van der Waals surface area (Å²) < 4.78 is 0. The fraction of sp³-hybridized carbons (Fsp3) is 0.353. The number of hydrogen-bond acceptors (Lipinski definition) is 4. The molecule has 122 valence electrons. The van der Waals surface area contributed by atoms with E-state index in [1.165, 1.54) is 6.92 Å². The van der Waals surface area contributed by atoms with Gasteiger partial charge in [-0.15, -0.1) is 6.58 Å². The molecule has 1 unspecified atom stereocenters. The van der Waals surface area contributed by atoms with Crippen LogP contribution in [-0.4, -0.2) is 40.9 Å². The molecule has 23 heavy (non-hydrogen) atoms. The third-order valence-corrected chi connectivity index (χ3v) is 4.02. The molecule has 1 aromatic rings. The monoisotopic (exact) mass is 316 g/mol. The maximum atomic E-state index is 12.8. The lowest BCUT2D eigenvalue weighted by atomic mass is 9.89. The molecular formula is C17H20N2O4. The summed E-state index contributed by atoms with van der Waals surface area (Å²) in [6.45, 7) is 5.05. The lowest BCUT2D eigenvalue weighted by Crippen LogP contribution is -2.55. The van der Waals surface area contributed by atoms with Crippen molar-refractivity contribution in [2.45, 2.75) is 31.5 Å². The van der Waals surface area contributed by atoms with E-state index in [4.69, 9.17) is 0 Å². The van der Waals surface area contributed by atoms with E-state index in [1.807, 2.05) is 0 Å². The van der Waals surface area contributed by atoms with Gasteiger partial charge in [0, 0.05) is 18.5 Å². The minimum Gasteiger partial charge on any atom is -0.480 e. The van der Waals surface area contributed by atoms with Crippen molar-refractivity contribution in [3.63, 3.8) is 0 Å². The second-order valence-electron chi connectivity index (χ2n) is 5.63. The molecule has 6 heteroatoms. The quantitative estimate of drug-likeness (QED) is 0.537. The van der Waals surface area contributed by atoms with Crippen molar-refractivity contribution >= 4 is 17.7 Å². The predicted molar refractivity (Wildman–Crippen MR) is 85.0 cm³/mol. The Hall–Kier alpha value is -2.47. The van der Waals surface area contributed by atoms with Crippen LogP contribution < -0.4 is 10.6 Å². The van der Waals surface area contributed by atoms with E-state index in [0.29, 0.717) is 12.0 Å². The van der Waals surface area contributed by atoms with Gasteiger partial charge in [-0.1, -0.05) is 36.4 Å². The Morgan fingerprint density at radius 3 is 2.52 bits per heavy atom. The molecule has 1 fully saturated rings. The van der Waals surface area contributed by atoms with Crippen molar-refractivity contribution in [2.24, 2.45) is 5.92 Å². The average molecular weight is 316 g/mol. The van der Waals surface area contributed by atoms with Gasteiger partial charge in [-0.05, 0) is 12.3 Å². The minimum absolute atomic E-state index is 0.222. The van der Waals surface area contributed by atoms with E-state index >= 15 is 0 Å². The number of ketones is 1.